The minimum absolute atomic E-state index is 0.0534. The second kappa shape index (κ2) is 8.45. The van der Waals surface area contributed by atoms with Crippen LogP contribution in [0.15, 0.2) is 59.8 Å². The number of halogens is 1. The normalized spacial score (nSPS) is 17.6. The smallest absolute Gasteiger partial charge is 0.243 e. The molecule has 9 heteroatoms. The molecule has 1 aromatic carbocycles. The summed E-state index contributed by atoms with van der Waals surface area (Å²) in [5, 5.41) is 3.12. The molecule has 1 saturated heterocycles. The Balaban J connectivity index is 1.53. The lowest BCUT2D eigenvalue weighted by Gasteiger charge is -2.31. The summed E-state index contributed by atoms with van der Waals surface area (Å²) in [6.45, 7) is 2.69. The molecule has 1 fully saturated rings. The number of rotatable bonds is 5. The molecule has 1 N–H and O–H groups in total. The zero-order chi connectivity index (χ0) is 21.1. The van der Waals surface area contributed by atoms with Gasteiger partial charge in [0.05, 0.1) is 10.6 Å². The van der Waals surface area contributed by atoms with Crippen molar-refractivity contribution in [2.24, 2.45) is 0 Å². The summed E-state index contributed by atoms with van der Waals surface area (Å²) in [5.41, 5.74) is 1.75. The van der Waals surface area contributed by atoms with Crippen molar-refractivity contribution >= 4 is 21.8 Å². The Morgan fingerprint density at radius 1 is 1.10 bits per heavy atom. The highest BCUT2D eigenvalue weighted by molar-refractivity contribution is 7.89. The van der Waals surface area contributed by atoms with Crippen molar-refractivity contribution in [2.75, 3.05) is 18.4 Å². The van der Waals surface area contributed by atoms with E-state index < -0.39 is 15.8 Å². The fourth-order valence-corrected chi connectivity index (χ4v) is 5.06. The molecule has 0 radical (unpaired) electrons. The topological polar surface area (TPSA) is 88.1 Å². The second-order valence-electron chi connectivity index (χ2n) is 7.26. The number of nitrogens with one attached hydrogen (secondary N) is 1. The zero-order valence-electron chi connectivity index (χ0n) is 16.5. The highest BCUT2D eigenvalue weighted by Gasteiger charge is 2.31. The van der Waals surface area contributed by atoms with Gasteiger partial charge in [0.1, 0.15) is 11.6 Å². The van der Waals surface area contributed by atoms with Gasteiger partial charge in [-0.3, -0.25) is 0 Å². The predicted octanol–water partition coefficient (Wildman–Crippen LogP) is 3.63. The van der Waals surface area contributed by atoms with E-state index in [4.69, 9.17) is 0 Å². The van der Waals surface area contributed by atoms with Crippen molar-refractivity contribution in [1.82, 2.24) is 19.3 Å². The summed E-state index contributed by atoms with van der Waals surface area (Å²) in [5.74, 6) is 0.587. The van der Waals surface area contributed by atoms with Crippen LogP contribution in [0.3, 0.4) is 0 Å². The first-order valence-corrected chi connectivity index (χ1v) is 11.1. The molecule has 3 aromatic rings. The van der Waals surface area contributed by atoms with Crippen molar-refractivity contribution in [3.8, 4) is 0 Å². The molecular formula is C21H22FN5O2S. The van der Waals surface area contributed by atoms with E-state index in [0.29, 0.717) is 24.9 Å². The van der Waals surface area contributed by atoms with E-state index in [0.717, 1.165) is 36.2 Å². The van der Waals surface area contributed by atoms with Gasteiger partial charge in [0.2, 0.25) is 16.0 Å². The first kappa shape index (κ1) is 20.4. The number of hydrogen-bond acceptors (Lipinski definition) is 6. The number of nitrogens with zero attached hydrogens (tertiary/aromatic N) is 4. The van der Waals surface area contributed by atoms with Gasteiger partial charge in [0.15, 0.2) is 0 Å². The lowest BCUT2D eigenvalue weighted by Crippen LogP contribution is -2.39. The molecule has 0 amide bonds. The van der Waals surface area contributed by atoms with Crippen LogP contribution in [0.1, 0.15) is 30.0 Å². The van der Waals surface area contributed by atoms with Gasteiger partial charge >= 0.3 is 0 Å². The first-order chi connectivity index (χ1) is 14.4. The van der Waals surface area contributed by atoms with E-state index in [9.17, 15) is 12.8 Å². The lowest BCUT2D eigenvalue weighted by molar-refractivity contribution is 0.312. The number of piperidine rings is 1. The molecule has 1 aliphatic rings. The Kier molecular flexibility index (Phi) is 5.74. The van der Waals surface area contributed by atoms with Gasteiger partial charge in [-0.2, -0.15) is 4.31 Å². The SMILES string of the molecule is Cc1cccnc1Nc1nccc(C2CCCN(S(=O)(=O)c3ccc(F)cc3)C2)n1. The zero-order valence-corrected chi connectivity index (χ0v) is 17.3. The maximum Gasteiger partial charge on any atom is 0.243 e. The van der Waals surface area contributed by atoms with Crippen LogP contribution in [0.5, 0.6) is 0 Å². The average Bonchev–Trinajstić information content (AvgIpc) is 2.76. The lowest BCUT2D eigenvalue weighted by atomic mass is 9.96. The molecule has 0 spiro atoms. The van der Waals surface area contributed by atoms with Crippen molar-refractivity contribution in [2.45, 2.75) is 30.6 Å². The minimum Gasteiger partial charge on any atom is -0.309 e. The maximum atomic E-state index is 13.2. The fourth-order valence-electron chi connectivity index (χ4n) is 3.54. The van der Waals surface area contributed by atoms with Gasteiger partial charge in [-0.05, 0) is 61.7 Å². The first-order valence-electron chi connectivity index (χ1n) is 9.71. The number of sulfonamides is 1. The molecule has 0 bridgehead atoms. The Labute approximate surface area is 175 Å². The average molecular weight is 428 g/mol. The maximum absolute atomic E-state index is 13.2. The van der Waals surface area contributed by atoms with Crippen molar-refractivity contribution < 1.29 is 12.8 Å². The van der Waals surface area contributed by atoms with Gasteiger partial charge in [-0.25, -0.2) is 27.8 Å². The van der Waals surface area contributed by atoms with Crippen LogP contribution in [-0.4, -0.2) is 40.8 Å². The summed E-state index contributed by atoms with van der Waals surface area (Å²) in [6, 6.07) is 10.5. The molecule has 3 heterocycles. The molecule has 1 atom stereocenters. The Hall–Kier alpha value is -2.91. The molecule has 0 saturated carbocycles. The summed E-state index contributed by atoms with van der Waals surface area (Å²) >= 11 is 0. The van der Waals surface area contributed by atoms with Crippen LogP contribution in [0, 0.1) is 12.7 Å². The third-order valence-electron chi connectivity index (χ3n) is 5.17. The van der Waals surface area contributed by atoms with Crippen molar-refractivity contribution in [3.63, 3.8) is 0 Å². The van der Waals surface area contributed by atoms with Gasteiger partial charge in [-0.15, -0.1) is 0 Å². The number of hydrogen-bond donors (Lipinski definition) is 1. The molecule has 30 heavy (non-hydrogen) atoms. The predicted molar refractivity (Wildman–Crippen MR) is 111 cm³/mol. The summed E-state index contributed by atoms with van der Waals surface area (Å²) < 4.78 is 40.6. The van der Waals surface area contributed by atoms with Crippen LogP contribution in [0.25, 0.3) is 0 Å². The van der Waals surface area contributed by atoms with Crippen LogP contribution in [0.4, 0.5) is 16.2 Å². The number of aryl methyl sites for hydroxylation is 1. The number of aromatic nitrogens is 3. The van der Waals surface area contributed by atoms with E-state index in [1.54, 1.807) is 12.4 Å². The van der Waals surface area contributed by atoms with E-state index in [1.165, 1.54) is 16.4 Å². The number of pyridine rings is 1. The van der Waals surface area contributed by atoms with E-state index in [-0.39, 0.29) is 10.8 Å². The highest BCUT2D eigenvalue weighted by Crippen LogP contribution is 2.30. The standard InChI is InChI=1S/C21H22FN5O2S/c1-15-4-2-11-23-20(15)26-21-24-12-10-19(25-21)16-5-3-13-27(14-16)30(28,29)18-8-6-17(22)7-9-18/h2,4,6-12,16H,3,5,13-14H2,1H3,(H,23,24,25,26). The fraction of sp³-hybridized carbons (Fsp3) is 0.286. The van der Waals surface area contributed by atoms with Crippen LogP contribution >= 0.6 is 0 Å². The van der Waals surface area contributed by atoms with Crippen molar-refractivity contribution in [3.05, 3.63) is 71.9 Å². The highest BCUT2D eigenvalue weighted by atomic mass is 32.2. The van der Waals surface area contributed by atoms with E-state index >= 15 is 0 Å². The van der Waals surface area contributed by atoms with Gasteiger partial charge in [-0.1, -0.05) is 6.07 Å². The number of anilines is 2. The van der Waals surface area contributed by atoms with Crippen LogP contribution in [0.2, 0.25) is 0 Å². The summed E-state index contributed by atoms with van der Waals surface area (Å²) in [4.78, 5) is 13.3. The van der Waals surface area contributed by atoms with Crippen LogP contribution in [-0.2, 0) is 10.0 Å². The van der Waals surface area contributed by atoms with Crippen LogP contribution < -0.4 is 5.32 Å². The molecule has 0 aliphatic carbocycles. The third-order valence-corrected chi connectivity index (χ3v) is 7.05. The molecular weight excluding hydrogens is 405 g/mol. The second-order valence-corrected chi connectivity index (χ2v) is 9.19. The molecule has 4 rings (SSSR count). The van der Waals surface area contributed by atoms with Gasteiger partial charge < -0.3 is 5.32 Å². The monoisotopic (exact) mass is 427 g/mol. The van der Waals surface area contributed by atoms with Gasteiger partial charge in [0.25, 0.3) is 0 Å². The molecule has 1 unspecified atom stereocenters. The molecule has 156 valence electrons. The largest absolute Gasteiger partial charge is 0.309 e. The Morgan fingerprint density at radius 3 is 2.67 bits per heavy atom. The molecule has 7 nitrogen and oxygen atoms in total. The summed E-state index contributed by atoms with van der Waals surface area (Å²) in [7, 11) is -3.69. The van der Waals surface area contributed by atoms with Gasteiger partial charge in [0, 0.05) is 31.4 Å². The Morgan fingerprint density at radius 2 is 1.90 bits per heavy atom. The molecule has 1 aliphatic heterocycles. The minimum atomic E-state index is -3.69. The third kappa shape index (κ3) is 4.31. The molecule has 2 aromatic heterocycles. The summed E-state index contributed by atoms with van der Waals surface area (Å²) in [6.07, 6.45) is 4.90. The Bertz CT molecular complexity index is 1140. The van der Waals surface area contributed by atoms with E-state index in [1.807, 2.05) is 25.1 Å². The number of benzene rings is 1. The quantitative estimate of drug-likeness (QED) is 0.669. The van der Waals surface area contributed by atoms with Crippen molar-refractivity contribution in [1.29, 1.82) is 0 Å². The van der Waals surface area contributed by atoms with E-state index in [2.05, 4.69) is 20.3 Å².